The van der Waals surface area contributed by atoms with Crippen LogP contribution >= 0.6 is 22.6 Å². The van der Waals surface area contributed by atoms with Crippen molar-refractivity contribution in [2.75, 3.05) is 12.4 Å². The molecule has 0 radical (unpaired) electrons. The lowest BCUT2D eigenvalue weighted by atomic mass is 10.1. The molecule has 2 aromatic carbocycles. The summed E-state index contributed by atoms with van der Waals surface area (Å²) in [5.74, 6) is -9.66. The van der Waals surface area contributed by atoms with Gasteiger partial charge in [0.05, 0.1) is 7.11 Å². The van der Waals surface area contributed by atoms with Crippen LogP contribution in [0.1, 0.15) is 22.8 Å². The van der Waals surface area contributed by atoms with Gasteiger partial charge in [-0.15, -0.1) is 0 Å². The van der Waals surface area contributed by atoms with E-state index in [1.54, 1.807) is 18.2 Å². The predicted octanol–water partition coefficient (Wildman–Crippen LogP) is 4.67. The molecule has 0 bridgehead atoms. The first-order valence-corrected chi connectivity index (χ1v) is 7.89. The monoisotopic (exact) mass is 453 g/mol. The second kappa shape index (κ2) is 7.37. The maximum absolute atomic E-state index is 14.0. The average Bonchev–Trinajstić information content (AvgIpc) is 2.55. The van der Waals surface area contributed by atoms with Gasteiger partial charge in [0.15, 0.2) is 17.4 Å². The summed E-state index contributed by atoms with van der Waals surface area (Å²) in [7, 11) is 0.860. The zero-order chi connectivity index (χ0) is 18.0. The Labute approximate surface area is 149 Å². The zero-order valence-corrected chi connectivity index (χ0v) is 14.8. The summed E-state index contributed by atoms with van der Waals surface area (Å²) >= 11 is 2.07. The largest absolute Gasteiger partial charge is 0.491 e. The molecule has 2 rings (SSSR count). The molecule has 0 atom stereocenters. The van der Waals surface area contributed by atoms with Crippen molar-refractivity contribution in [3.05, 3.63) is 56.2 Å². The molecule has 0 aliphatic carbocycles. The number of hydrogen-bond donors (Lipinski definition) is 1. The van der Waals surface area contributed by atoms with Crippen LogP contribution in [0.2, 0.25) is 0 Å². The first-order valence-electron chi connectivity index (χ1n) is 6.81. The van der Waals surface area contributed by atoms with Gasteiger partial charge in [0.25, 0.3) is 5.91 Å². The highest BCUT2D eigenvalue weighted by Crippen LogP contribution is 2.30. The summed E-state index contributed by atoms with van der Waals surface area (Å²) in [6, 6.07) is 5.00. The maximum atomic E-state index is 14.0. The van der Waals surface area contributed by atoms with Crippen molar-refractivity contribution in [2.45, 2.75) is 13.3 Å². The second-order valence-electron chi connectivity index (χ2n) is 4.77. The molecule has 1 N–H and O–H groups in total. The van der Waals surface area contributed by atoms with Crippen molar-refractivity contribution in [3.63, 3.8) is 0 Å². The summed E-state index contributed by atoms with van der Waals surface area (Å²) in [6.45, 7) is 1.83. The average molecular weight is 453 g/mol. The van der Waals surface area contributed by atoms with Gasteiger partial charge in [0.1, 0.15) is 5.56 Å². The van der Waals surface area contributed by atoms with Gasteiger partial charge >= 0.3 is 0 Å². The van der Waals surface area contributed by atoms with Crippen molar-refractivity contribution in [1.82, 2.24) is 0 Å². The Balaban J connectivity index is 2.48. The normalized spacial score (nSPS) is 10.6. The van der Waals surface area contributed by atoms with Gasteiger partial charge in [-0.05, 0) is 52.8 Å². The highest BCUT2D eigenvalue weighted by Gasteiger charge is 2.30. The van der Waals surface area contributed by atoms with E-state index in [1.165, 1.54) is 0 Å². The third kappa shape index (κ3) is 3.33. The maximum Gasteiger partial charge on any atom is 0.261 e. The van der Waals surface area contributed by atoms with Crippen molar-refractivity contribution in [3.8, 4) is 5.75 Å². The van der Waals surface area contributed by atoms with Crippen LogP contribution < -0.4 is 10.1 Å². The Bertz CT molecular complexity index is 782. The highest BCUT2D eigenvalue weighted by molar-refractivity contribution is 14.1. The lowest BCUT2D eigenvalue weighted by molar-refractivity contribution is 0.101. The molecule has 128 valence electrons. The fourth-order valence-corrected chi connectivity index (χ4v) is 2.71. The lowest BCUT2D eigenvalue weighted by Crippen LogP contribution is -2.19. The van der Waals surface area contributed by atoms with E-state index in [4.69, 9.17) is 0 Å². The number of rotatable bonds is 4. The number of halogens is 5. The van der Waals surface area contributed by atoms with E-state index in [0.717, 1.165) is 10.7 Å². The standard InChI is InChI=1S/C16H12F4INO2/c1-3-7-6-8(21)4-5-9(7)22-16(23)10-11(17)13(19)15(24-2)14(20)12(10)18/h4-6H,3H2,1-2H3,(H,22,23). The summed E-state index contributed by atoms with van der Waals surface area (Å²) in [6.07, 6.45) is 0.544. The molecular formula is C16H12F4INO2. The summed E-state index contributed by atoms with van der Waals surface area (Å²) in [4.78, 5) is 12.1. The van der Waals surface area contributed by atoms with Gasteiger partial charge in [0.2, 0.25) is 11.6 Å². The second-order valence-corrected chi connectivity index (χ2v) is 6.02. The third-order valence-electron chi connectivity index (χ3n) is 3.35. The number of carbonyl (C=O) groups excluding carboxylic acids is 1. The van der Waals surface area contributed by atoms with Crippen LogP contribution in [0, 0.1) is 26.8 Å². The van der Waals surface area contributed by atoms with Gasteiger partial charge in [-0.25, -0.2) is 8.78 Å². The van der Waals surface area contributed by atoms with Crippen molar-refractivity contribution in [2.24, 2.45) is 0 Å². The number of carbonyl (C=O) groups is 1. The molecule has 0 aliphatic rings. The van der Waals surface area contributed by atoms with E-state index in [-0.39, 0.29) is 0 Å². The van der Waals surface area contributed by atoms with Crippen molar-refractivity contribution < 1.29 is 27.1 Å². The Kier molecular flexibility index (Phi) is 5.68. The molecular weight excluding hydrogens is 441 g/mol. The number of hydrogen-bond acceptors (Lipinski definition) is 2. The number of anilines is 1. The van der Waals surface area contributed by atoms with Crippen LogP contribution in [0.25, 0.3) is 0 Å². The van der Waals surface area contributed by atoms with Gasteiger partial charge in [-0.1, -0.05) is 6.92 Å². The predicted molar refractivity (Wildman–Crippen MR) is 89.3 cm³/mol. The van der Waals surface area contributed by atoms with Gasteiger partial charge < -0.3 is 10.1 Å². The molecule has 1 amide bonds. The molecule has 0 aliphatic heterocycles. The Morgan fingerprint density at radius 2 is 1.71 bits per heavy atom. The molecule has 0 unspecified atom stereocenters. The van der Waals surface area contributed by atoms with Crippen LogP contribution in [-0.2, 0) is 6.42 Å². The number of benzene rings is 2. The third-order valence-corrected chi connectivity index (χ3v) is 4.02. The molecule has 3 nitrogen and oxygen atoms in total. The lowest BCUT2D eigenvalue weighted by Gasteiger charge is -2.13. The van der Waals surface area contributed by atoms with E-state index in [2.05, 4.69) is 32.6 Å². The van der Waals surface area contributed by atoms with E-state index in [1.807, 2.05) is 6.92 Å². The fourth-order valence-electron chi connectivity index (χ4n) is 2.15. The molecule has 0 fully saturated rings. The van der Waals surface area contributed by atoms with E-state index < -0.39 is 40.5 Å². The molecule has 8 heteroatoms. The number of nitrogens with one attached hydrogen (secondary N) is 1. The minimum atomic E-state index is -1.81. The Hall–Kier alpha value is -1.84. The molecule has 24 heavy (non-hydrogen) atoms. The minimum Gasteiger partial charge on any atom is -0.491 e. The summed E-state index contributed by atoms with van der Waals surface area (Å²) in [5.41, 5.74) is -0.324. The van der Waals surface area contributed by atoms with E-state index in [0.29, 0.717) is 17.7 Å². The first kappa shape index (κ1) is 18.5. The van der Waals surface area contributed by atoms with Crippen LogP contribution in [0.4, 0.5) is 23.2 Å². The quantitative estimate of drug-likeness (QED) is 0.415. The van der Waals surface area contributed by atoms with Crippen molar-refractivity contribution in [1.29, 1.82) is 0 Å². The van der Waals surface area contributed by atoms with Crippen LogP contribution in [0.5, 0.6) is 5.75 Å². The minimum absolute atomic E-state index is 0.304. The summed E-state index contributed by atoms with van der Waals surface area (Å²) in [5, 5.41) is 2.28. The first-order chi connectivity index (χ1) is 11.3. The fraction of sp³-hybridized carbons (Fsp3) is 0.188. The van der Waals surface area contributed by atoms with Gasteiger partial charge in [-0.3, -0.25) is 4.79 Å². The smallest absolute Gasteiger partial charge is 0.261 e. The van der Waals surface area contributed by atoms with E-state index >= 15 is 0 Å². The molecule has 0 saturated heterocycles. The van der Waals surface area contributed by atoms with Crippen molar-refractivity contribution >= 4 is 34.2 Å². The SMILES string of the molecule is CCc1cc(I)ccc1NC(=O)c1c(F)c(F)c(OC)c(F)c1F. The van der Waals surface area contributed by atoms with Gasteiger partial charge in [0, 0.05) is 9.26 Å². The molecule has 0 aromatic heterocycles. The molecule has 0 heterocycles. The Morgan fingerprint density at radius 1 is 1.12 bits per heavy atom. The number of ether oxygens (including phenoxy) is 1. The number of aryl methyl sites for hydroxylation is 1. The molecule has 0 saturated carbocycles. The summed E-state index contributed by atoms with van der Waals surface area (Å²) < 4.78 is 60.5. The van der Waals surface area contributed by atoms with Gasteiger partial charge in [-0.2, -0.15) is 8.78 Å². The van der Waals surface area contributed by atoms with E-state index in [9.17, 15) is 22.4 Å². The molecule has 2 aromatic rings. The number of amides is 1. The van der Waals surface area contributed by atoms with Crippen LogP contribution in [0.3, 0.4) is 0 Å². The molecule has 0 spiro atoms. The number of methoxy groups -OCH3 is 1. The van der Waals surface area contributed by atoms with Crippen LogP contribution in [-0.4, -0.2) is 13.0 Å². The topological polar surface area (TPSA) is 38.3 Å². The highest BCUT2D eigenvalue weighted by atomic mass is 127. The van der Waals surface area contributed by atoms with Crippen LogP contribution in [0.15, 0.2) is 18.2 Å². The Morgan fingerprint density at radius 3 is 2.21 bits per heavy atom. The zero-order valence-electron chi connectivity index (χ0n) is 12.6.